The molecule has 0 aromatic heterocycles. The van der Waals surface area contributed by atoms with Gasteiger partial charge in [0.2, 0.25) is 0 Å². The number of hydrogen-bond acceptors (Lipinski definition) is 6. The standard InChI is InChI=1S/C3H10O9P2.Ca.2H/c4-1-3(2-5)11-14(9,10)12-13(6,7)8;;;/h3-5H,1-2H2,(H,9,10)(H2,6,7,8);;;/q;+2;2*-1. The van der Waals surface area contributed by atoms with Crippen LogP contribution >= 0.6 is 15.6 Å². The first-order valence-electron chi connectivity index (χ1n) is 3.20. The molecule has 5 N–H and O–H groups in total. The molecule has 0 radical (unpaired) electrons. The van der Waals surface area contributed by atoms with E-state index in [0.29, 0.717) is 0 Å². The van der Waals surface area contributed by atoms with Crippen LogP contribution < -0.4 is 0 Å². The maximum atomic E-state index is 10.8. The minimum Gasteiger partial charge on any atom is -1.00 e. The molecule has 0 aliphatic heterocycles. The number of phosphoric ester groups is 1. The van der Waals surface area contributed by atoms with E-state index in [2.05, 4.69) is 8.83 Å². The zero-order valence-electron chi connectivity index (χ0n) is 9.46. The molecule has 0 heterocycles. The van der Waals surface area contributed by atoms with Crippen LogP contribution in [-0.2, 0) is 18.0 Å². The first-order chi connectivity index (χ1) is 6.20. The van der Waals surface area contributed by atoms with Gasteiger partial charge in [-0.3, -0.25) is 4.52 Å². The Bertz CT molecular complexity index is 267. The average molecular weight is 294 g/mol. The first-order valence-corrected chi connectivity index (χ1v) is 6.22. The molecule has 1 atom stereocenters. The Morgan fingerprint density at radius 3 is 1.80 bits per heavy atom. The van der Waals surface area contributed by atoms with Crippen LogP contribution in [0.5, 0.6) is 0 Å². The second-order valence-corrected chi connectivity index (χ2v) is 4.92. The third kappa shape index (κ3) is 10.3. The fraction of sp³-hybridized carbons (Fsp3) is 1.00. The summed E-state index contributed by atoms with van der Waals surface area (Å²) in [6, 6.07) is 0. The molecular formula is C3H12CaO9P2. The Labute approximate surface area is 118 Å². The van der Waals surface area contributed by atoms with Crippen molar-refractivity contribution in [3.63, 3.8) is 0 Å². The van der Waals surface area contributed by atoms with Crippen LogP contribution in [0.3, 0.4) is 0 Å². The van der Waals surface area contributed by atoms with E-state index in [1.54, 1.807) is 0 Å². The molecule has 9 nitrogen and oxygen atoms in total. The average Bonchev–Trinajstić information content (AvgIpc) is 1.95. The summed E-state index contributed by atoms with van der Waals surface area (Å²) in [6.45, 7) is -1.60. The molecule has 0 aliphatic carbocycles. The van der Waals surface area contributed by atoms with Crippen molar-refractivity contribution < 1.29 is 45.7 Å². The Morgan fingerprint density at radius 1 is 1.13 bits per heavy atom. The summed E-state index contributed by atoms with van der Waals surface area (Å²) >= 11 is 0. The molecule has 0 rings (SSSR count). The number of aliphatic hydroxyl groups excluding tert-OH is 2. The number of hydrogen-bond donors (Lipinski definition) is 5. The summed E-state index contributed by atoms with van der Waals surface area (Å²) in [5.41, 5.74) is 0. The predicted molar refractivity (Wildman–Crippen MR) is 50.0 cm³/mol. The minimum atomic E-state index is -5.17. The number of rotatable bonds is 6. The summed E-state index contributed by atoms with van der Waals surface area (Å²) in [7, 11) is -10.2. The van der Waals surface area contributed by atoms with Crippen LogP contribution in [0.15, 0.2) is 0 Å². The van der Waals surface area contributed by atoms with E-state index in [9.17, 15) is 9.13 Å². The zero-order valence-corrected chi connectivity index (χ0v) is 11.5. The largest absolute Gasteiger partial charge is 2.00 e. The minimum absolute atomic E-state index is 0. The summed E-state index contributed by atoms with van der Waals surface area (Å²) < 4.78 is 28.3. The molecule has 90 valence electrons. The number of aliphatic hydroxyl groups is 2. The zero-order chi connectivity index (χ0) is 11.4. The summed E-state index contributed by atoms with van der Waals surface area (Å²) in [5, 5.41) is 16.8. The molecule has 1 unspecified atom stereocenters. The van der Waals surface area contributed by atoms with E-state index in [-0.39, 0.29) is 40.6 Å². The van der Waals surface area contributed by atoms with Gasteiger partial charge in [-0.1, -0.05) is 0 Å². The summed E-state index contributed by atoms with van der Waals surface area (Å²) in [4.78, 5) is 25.0. The van der Waals surface area contributed by atoms with Crippen molar-refractivity contribution in [1.29, 1.82) is 0 Å². The van der Waals surface area contributed by atoms with Gasteiger partial charge in [0.25, 0.3) is 0 Å². The number of phosphoric acid groups is 2. The van der Waals surface area contributed by atoms with Crippen molar-refractivity contribution >= 4 is 53.4 Å². The van der Waals surface area contributed by atoms with Gasteiger partial charge in [-0.2, -0.15) is 4.31 Å². The molecule has 0 aliphatic rings. The van der Waals surface area contributed by atoms with Gasteiger partial charge in [0, 0.05) is 0 Å². The fourth-order valence-corrected chi connectivity index (χ4v) is 2.21. The summed E-state index contributed by atoms with van der Waals surface area (Å²) in [5.74, 6) is 0. The first kappa shape index (κ1) is 18.8. The second-order valence-electron chi connectivity index (χ2n) is 2.13. The van der Waals surface area contributed by atoms with E-state index in [1.165, 1.54) is 0 Å². The van der Waals surface area contributed by atoms with Gasteiger partial charge in [0.05, 0.1) is 13.2 Å². The molecular weight excluding hydrogens is 282 g/mol. The van der Waals surface area contributed by atoms with Gasteiger partial charge < -0.3 is 27.7 Å². The van der Waals surface area contributed by atoms with Crippen molar-refractivity contribution in [3.8, 4) is 0 Å². The third-order valence-electron chi connectivity index (χ3n) is 0.899. The van der Waals surface area contributed by atoms with Crippen LogP contribution in [0.4, 0.5) is 0 Å². The second kappa shape index (κ2) is 7.71. The van der Waals surface area contributed by atoms with Crippen LogP contribution in [0, 0.1) is 0 Å². The molecule has 15 heavy (non-hydrogen) atoms. The monoisotopic (exact) mass is 294 g/mol. The van der Waals surface area contributed by atoms with Gasteiger partial charge in [0.15, 0.2) is 0 Å². The van der Waals surface area contributed by atoms with Gasteiger partial charge in [-0.15, -0.1) is 0 Å². The molecule has 12 heteroatoms. The molecule has 0 saturated heterocycles. The van der Waals surface area contributed by atoms with Crippen LogP contribution in [-0.4, -0.2) is 81.9 Å². The van der Waals surface area contributed by atoms with Gasteiger partial charge >= 0.3 is 53.4 Å². The Hall–Kier alpha value is 1.44. The molecule has 0 amide bonds. The van der Waals surface area contributed by atoms with E-state index in [0.717, 1.165) is 0 Å². The maximum Gasteiger partial charge on any atom is 2.00 e. The quantitative estimate of drug-likeness (QED) is 0.288. The van der Waals surface area contributed by atoms with Gasteiger partial charge in [-0.25, -0.2) is 9.13 Å². The van der Waals surface area contributed by atoms with Gasteiger partial charge in [-0.05, 0) is 0 Å². The summed E-state index contributed by atoms with van der Waals surface area (Å²) in [6.07, 6.45) is -1.45. The van der Waals surface area contributed by atoms with E-state index >= 15 is 0 Å². The Kier molecular flexibility index (Phi) is 9.66. The van der Waals surface area contributed by atoms with Crippen LogP contribution in [0.25, 0.3) is 0 Å². The van der Waals surface area contributed by atoms with E-state index in [1.807, 2.05) is 0 Å². The maximum absolute atomic E-state index is 10.8. The van der Waals surface area contributed by atoms with Crippen LogP contribution in [0.1, 0.15) is 2.85 Å². The van der Waals surface area contributed by atoms with Crippen LogP contribution in [0.2, 0.25) is 0 Å². The Morgan fingerprint density at radius 2 is 1.53 bits per heavy atom. The Balaban J connectivity index is -0.000000282. The van der Waals surface area contributed by atoms with Crippen molar-refractivity contribution in [2.24, 2.45) is 0 Å². The van der Waals surface area contributed by atoms with Crippen molar-refractivity contribution in [1.82, 2.24) is 0 Å². The van der Waals surface area contributed by atoms with Crippen molar-refractivity contribution in [2.45, 2.75) is 6.10 Å². The molecule has 0 bridgehead atoms. The molecule has 0 aromatic carbocycles. The van der Waals surface area contributed by atoms with Crippen molar-refractivity contribution in [2.75, 3.05) is 13.2 Å². The van der Waals surface area contributed by atoms with Gasteiger partial charge in [0.1, 0.15) is 6.10 Å². The van der Waals surface area contributed by atoms with E-state index in [4.69, 9.17) is 24.9 Å². The SMILES string of the molecule is O=P(O)(O)OP(=O)(O)OC(CO)CO.[Ca+2].[H-].[H-]. The molecule has 0 fully saturated rings. The smallest absolute Gasteiger partial charge is 1.00 e. The topological polar surface area (TPSA) is 154 Å². The normalized spacial score (nSPS) is 15.9. The van der Waals surface area contributed by atoms with Crippen molar-refractivity contribution in [3.05, 3.63) is 0 Å². The van der Waals surface area contributed by atoms with E-state index < -0.39 is 35.0 Å². The third-order valence-corrected chi connectivity index (χ3v) is 3.14. The molecule has 0 aromatic rings. The predicted octanol–water partition coefficient (Wildman–Crippen LogP) is -1.59. The molecule has 0 spiro atoms. The fourth-order valence-electron chi connectivity index (χ4n) is 0.466. The molecule has 0 saturated carbocycles.